The number of nitrogens with zero attached hydrogens (tertiary/aromatic N) is 1. The number of non-ortho nitro benzene ring substituents is 1. The van der Waals surface area contributed by atoms with Crippen LogP contribution in [-0.4, -0.2) is 17.5 Å². The second-order valence-electron chi connectivity index (χ2n) is 5.36. The summed E-state index contributed by atoms with van der Waals surface area (Å²) in [7, 11) is 0. The molecular weight excluding hydrogens is 254 g/mol. The van der Waals surface area contributed by atoms with Gasteiger partial charge in [-0.2, -0.15) is 0 Å². The van der Waals surface area contributed by atoms with E-state index in [-0.39, 0.29) is 10.6 Å². The first kappa shape index (κ1) is 16.3. The molecule has 5 heteroatoms. The van der Waals surface area contributed by atoms with Gasteiger partial charge in [0.25, 0.3) is 5.69 Å². The number of benzene rings is 1. The highest BCUT2D eigenvalue weighted by Gasteiger charge is 2.14. The lowest BCUT2D eigenvalue weighted by atomic mass is 10.0. The Bertz CT molecular complexity index is 447. The molecule has 1 rings (SSSR count). The van der Waals surface area contributed by atoms with Crippen molar-refractivity contribution in [3.05, 3.63) is 28.3 Å². The maximum atomic E-state index is 11.0. The standard InChI is InChI=1S/C15H25N3O2/c1-5-7-16-12-8-13(10-14(9-12)18(19)20)17-15(6-2)11(3)4/h8-11,15-17H,5-7H2,1-4H3. The van der Waals surface area contributed by atoms with Gasteiger partial charge in [-0.05, 0) is 24.8 Å². The molecule has 1 aromatic carbocycles. The van der Waals surface area contributed by atoms with Gasteiger partial charge in [-0.3, -0.25) is 10.1 Å². The van der Waals surface area contributed by atoms with Gasteiger partial charge in [0.05, 0.1) is 4.92 Å². The predicted molar refractivity (Wildman–Crippen MR) is 84.4 cm³/mol. The highest BCUT2D eigenvalue weighted by atomic mass is 16.6. The van der Waals surface area contributed by atoms with E-state index in [1.807, 2.05) is 6.07 Å². The van der Waals surface area contributed by atoms with Crippen LogP contribution in [0.1, 0.15) is 40.5 Å². The number of anilines is 2. The zero-order valence-electron chi connectivity index (χ0n) is 12.8. The maximum Gasteiger partial charge on any atom is 0.273 e. The molecule has 0 aliphatic rings. The van der Waals surface area contributed by atoms with Crippen molar-refractivity contribution in [2.24, 2.45) is 5.92 Å². The molecule has 0 saturated carbocycles. The topological polar surface area (TPSA) is 67.2 Å². The summed E-state index contributed by atoms with van der Waals surface area (Å²) >= 11 is 0. The summed E-state index contributed by atoms with van der Waals surface area (Å²) in [4.78, 5) is 10.7. The fraction of sp³-hybridized carbons (Fsp3) is 0.600. The van der Waals surface area contributed by atoms with E-state index in [1.54, 1.807) is 12.1 Å². The Morgan fingerprint density at radius 3 is 2.35 bits per heavy atom. The van der Waals surface area contributed by atoms with Crippen LogP contribution in [0.3, 0.4) is 0 Å². The van der Waals surface area contributed by atoms with Crippen LogP contribution in [0, 0.1) is 16.0 Å². The van der Waals surface area contributed by atoms with Crippen molar-refractivity contribution in [3.63, 3.8) is 0 Å². The SMILES string of the molecule is CCCNc1cc(NC(CC)C(C)C)cc([N+](=O)[O-])c1. The summed E-state index contributed by atoms with van der Waals surface area (Å²) in [6.07, 6.45) is 1.97. The molecule has 0 spiro atoms. The summed E-state index contributed by atoms with van der Waals surface area (Å²) in [6, 6.07) is 5.43. The molecule has 1 aromatic rings. The fourth-order valence-electron chi connectivity index (χ4n) is 2.13. The van der Waals surface area contributed by atoms with Gasteiger partial charge in [-0.25, -0.2) is 0 Å². The van der Waals surface area contributed by atoms with Crippen LogP contribution in [0.2, 0.25) is 0 Å². The van der Waals surface area contributed by atoms with Gasteiger partial charge in [0.15, 0.2) is 0 Å². The number of rotatable bonds is 8. The Kier molecular flexibility index (Phi) is 6.28. The van der Waals surface area contributed by atoms with E-state index in [0.29, 0.717) is 12.0 Å². The van der Waals surface area contributed by atoms with Gasteiger partial charge < -0.3 is 10.6 Å². The second kappa shape index (κ2) is 7.72. The minimum absolute atomic E-state index is 0.118. The third-order valence-electron chi connectivity index (χ3n) is 3.30. The third-order valence-corrected chi connectivity index (χ3v) is 3.30. The van der Waals surface area contributed by atoms with Crippen LogP contribution < -0.4 is 10.6 Å². The minimum atomic E-state index is -0.349. The lowest BCUT2D eigenvalue weighted by Crippen LogP contribution is -2.24. The van der Waals surface area contributed by atoms with Crippen molar-refractivity contribution in [2.45, 2.75) is 46.6 Å². The van der Waals surface area contributed by atoms with Crippen molar-refractivity contribution in [1.29, 1.82) is 0 Å². The van der Waals surface area contributed by atoms with Gasteiger partial charge in [-0.15, -0.1) is 0 Å². The molecule has 0 amide bonds. The number of nitrogens with one attached hydrogen (secondary N) is 2. The Hall–Kier alpha value is -1.78. The van der Waals surface area contributed by atoms with E-state index in [9.17, 15) is 10.1 Å². The quantitative estimate of drug-likeness (QED) is 0.551. The molecule has 5 nitrogen and oxygen atoms in total. The Labute approximate surface area is 120 Å². The van der Waals surface area contributed by atoms with Gasteiger partial charge in [0.2, 0.25) is 0 Å². The summed E-state index contributed by atoms with van der Waals surface area (Å²) in [5.41, 5.74) is 1.72. The first-order chi connectivity index (χ1) is 9.47. The van der Waals surface area contributed by atoms with Crippen LogP contribution in [0.4, 0.5) is 17.1 Å². The van der Waals surface area contributed by atoms with Crippen molar-refractivity contribution >= 4 is 17.1 Å². The van der Waals surface area contributed by atoms with E-state index < -0.39 is 0 Å². The maximum absolute atomic E-state index is 11.0. The largest absolute Gasteiger partial charge is 0.385 e. The summed E-state index contributed by atoms with van der Waals surface area (Å²) in [5, 5.41) is 17.6. The van der Waals surface area contributed by atoms with E-state index in [1.165, 1.54) is 0 Å². The van der Waals surface area contributed by atoms with Crippen molar-refractivity contribution in [1.82, 2.24) is 0 Å². The number of hydrogen-bond donors (Lipinski definition) is 2. The van der Waals surface area contributed by atoms with Crippen molar-refractivity contribution in [3.8, 4) is 0 Å². The summed E-state index contributed by atoms with van der Waals surface area (Å²) in [6.45, 7) is 9.28. The molecule has 0 fully saturated rings. The normalized spacial score (nSPS) is 12.2. The molecule has 112 valence electrons. The molecule has 0 bridgehead atoms. The zero-order chi connectivity index (χ0) is 15.1. The van der Waals surface area contributed by atoms with Gasteiger partial charge in [0, 0.05) is 36.1 Å². The van der Waals surface area contributed by atoms with Crippen LogP contribution in [-0.2, 0) is 0 Å². The highest BCUT2D eigenvalue weighted by Crippen LogP contribution is 2.26. The average molecular weight is 279 g/mol. The van der Waals surface area contributed by atoms with Gasteiger partial charge >= 0.3 is 0 Å². The van der Waals surface area contributed by atoms with Gasteiger partial charge in [0.1, 0.15) is 0 Å². The summed E-state index contributed by atoms with van der Waals surface area (Å²) < 4.78 is 0. The Morgan fingerprint density at radius 2 is 1.85 bits per heavy atom. The molecule has 1 atom stereocenters. The molecule has 2 N–H and O–H groups in total. The van der Waals surface area contributed by atoms with E-state index >= 15 is 0 Å². The first-order valence-corrected chi connectivity index (χ1v) is 7.27. The van der Waals surface area contributed by atoms with Crippen LogP contribution in [0.15, 0.2) is 18.2 Å². The van der Waals surface area contributed by atoms with Gasteiger partial charge in [-0.1, -0.05) is 27.7 Å². The number of nitro groups is 1. The molecule has 20 heavy (non-hydrogen) atoms. The molecule has 0 aromatic heterocycles. The highest BCUT2D eigenvalue weighted by molar-refractivity contribution is 5.63. The third kappa shape index (κ3) is 4.72. The Morgan fingerprint density at radius 1 is 1.20 bits per heavy atom. The first-order valence-electron chi connectivity index (χ1n) is 7.27. The molecule has 0 radical (unpaired) electrons. The molecular formula is C15H25N3O2. The van der Waals surface area contributed by atoms with Crippen LogP contribution in [0.25, 0.3) is 0 Å². The molecule has 0 aliphatic carbocycles. The van der Waals surface area contributed by atoms with E-state index in [2.05, 4.69) is 38.3 Å². The minimum Gasteiger partial charge on any atom is -0.385 e. The zero-order valence-corrected chi connectivity index (χ0v) is 12.8. The lowest BCUT2D eigenvalue weighted by molar-refractivity contribution is -0.384. The Balaban J connectivity index is 2.98. The van der Waals surface area contributed by atoms with E-state index in [4.69, 9.17) is 0 Å². The molecule has 1 unspecified atom stereocenters. The monoisotopic (exact) mass is 279 g/mol. The molecule has 0 heterocycles. The average Bonchev–Trinajstić information content (AvgIpc) is 2.41. The number of hydrogen-bond acceptors (Lipinski definition) is 4. The summed E-state index contributed by atoms with van der Waals surface area (Å²) in [5.74, 6) is 0.478. The van der Waals surface area contributed by atoms with Crippen LogP contribution in [0.5, 0.6) is 0 Å². The smallest absolute Gasteiger partial charge is 0.273 e. The predicted octanol–water partition coefficient (Wildman–Crippen LogP) is 4.26. The molecule has 0 aliphatic heterocycles. The van der Waals surface area contributed by atoms with E-state index in [0.717, 1.165) is 30.8 Å². The van der Waals surface area contributed by atoms with Crippen molar-refractivity contribution < 1.29 is 4.92 Å². The van der Waals surface area contributed by atoms with Crippen LogP contribution >= 0.6 is 0 Å². The number of nitro benzene ring substituents is 1. The molecule has 0 saturated heterocycles. The second-order valence-corrected chi connectivity index (χ2v) is 5.36. The van der Waals surface area contributed by atoms with Crippen molar-refractivity contribution in [2.75, 3.05) is 17.2 Å². The fourth-order valence-corrected chi connectivity index (χ4v) is 2.13. The lowest BCUT2D eigenvalue weighted by Gasteiger charge is -2.22.